The lowest BCUT2D eigenvalue weighted by atomic mass is 9.63. The maximum Gasteiger partial charge on any atom is 0.306 e. The monoisotopic (exact) mass is 210 g/mol. The zero-order chi connectivity index (χ0) is 11.4. The number of rotatable bonds is 2. The molecule has 0 saturated heterocycles. The van der Waals surface area contributed by atoms with Crippen LogP contribution in [-0.2, 0) is 4.79 Å². The van der Waals surface area contributed by atoms with Gasteiger partial charge >= 0.3 is 5.97 Å². The van der Waals surface area contributed by atoms with E-state index in [-0.39, 0.29) is 11.3 Å². The number of fused-ring (bicyclic) bond motifs is 2. The first kappa shape index (κ1) is 11.0. The molecule has 0 aromatic heterocycles. The van der Waals surface area contributed by atoms with E-state index in [1.165, 1.54) is 12.8 Å². The Morgan fingerprint density at radius 3 is 2.33 bits per heavy atom. The van der Waals surface area contributed by atoms with E-state index >= 15 is 0 Å². The predicted octanol–water partition coefficient (Wildman–Crippen LogP) is 3.17. The average Bonchev–Trinajstić information content (AvgIpc) is 2.47. The molecule has 15 heavy (non-hydrogen) atoms. The second-order valence-electron chi connectivity index (χ2n) is 6.34. The number of hydrogen-bond donors (Lipinski definition) is 1. The Kier molecular flexibility index (Phi) is 2.19. The molecule has 0 spiro atoms. The fraction of sp³-hybridized carbons (Fsp3) is 0.923. The van der Waals surface area contributed by atoms with Crippen molar-refractivity contribution in [3.05, 3.63) is 0 Å². The quantitative estimate of drug-likeness (QED) is 0.760. The number of carbonyl (C=O) groups is 1. The van der Waals surface area contributed by atoms with E-state index in [0.717, 1.165) is 12.3 Å². The van der Waals surface area contributed by atoms with Gasteiger partial charge in [0.1, 0.15) is 0 Å². The summed E-state index contributed by atoms with van der Waals surface area (Å²) in [5.74, 6) is 0.321. The van der Waals surface area contributed by atoms with E-state index in [1.54, 1.807) is 0 Å². The summed E-state index contributed by atoms with van der Waals surface area (Å²) in [4.78, 5) is 11.1. The van der Waals surface area contributed by atoms with Crippen molar-refractivity contribution in [1.82, 2.24) is 0 Å². The Hall–Kier alpha value is -0.530. The van der Waals surface area contributed by atoms with Gasteiger partial charge in [-0.25, -0.2) is 0 Å². The third kappa shape index (κ3) is 1.20. The number of carboxylic acids is 1. The lowest BCUT2D eigenvalue weighted by molar-refractivity contribution is -0.145. The Labute approximate surface area is 92.1 Å². The summed E-state index contributed by atoms with van der Waals surface area (Å²) in [5.41, 5.74) is 0.580. The first-order chi connectivity index (χ1) is 6.80. The van der Waals surface area contributed by atoms with E-state index in [4.69, 9.17) is 5.11 Å². The molecule has 2 nitrogen and oxygen atoms in total. The molecule has 0 amide bonds. The van der Waals surface area contributed by atoms with E-state index < -0.39 is 5.97 Å². The van der Waals surface area contributed by atoms with Crippen molar-refractivity contribution < 1.29 is 9.90 Å². The Morgan fingerprint density at radius 1 is 1.40 bits per heavy atom. The van der Waals surface area contributed by atoms with Crippen LogP contribution in [0.2, 0.25) is 0 Å². The van der Waals surface area contributed by atoms with Gasteiger partial charge in [0, 0.05) is 0 Å². The van der Waals surface area contributed by atoms with Gasteiger partial charge in [0.05, 0.1) is 5.92 Å². The smallest absolute Gasteiger partial charge is 0.306 e. The minimum Gasteiger partial charge on any atom is -0.481 e. The summed E-state index contributed by atoms with van der Waals surface area (Å²) < 4.78 is 0. The molecule has 0 aromatic rings. The lowest BCUT2D eigenvalue weighted by Crippen LogP contribution is -2.37. The highest BCUT2D eigenvalue weighted by atomic mass is 16.4. The summed E-state index contributed by atoms with van der Waals surface area (Å²) in [7, 11) is 0. The van der Waals surface area contributed by atoms with Crippen molar-refractivity contribution in [2.75, 3.05) is 0 Å². The number of carboxylic acid groups (broad SMARTS) is 1. The highest BCUT2D eigenvalue weighted by Crippen LogP contribution is 2.69. The first-order valence-corrected chi connectivity index (χ1v) is 6.03. The van der Waals surface area contributed by atoms with Crippen LogP contribution in [0.1, 0.15) is 47.0 Å². The maximum absolute atomic E-state index is 11.1. The third-order valence-corrected chi connectivity index (χ3v) is 5.85. The molecule has 2 aliphatic rings. The number of hydrogen-bond acceptors (Lipinski definition) is 1. The molecule has 1 N–H and O–H groups in total. The van der Waals surface area contributed by atoms with E-state index in [1.807, 2.05) is 6.92 Å². The summed E-state index contributed by atoms with van der Waals surface area (Å²) in [5, 5.41) is 9.16. The predicted molar refractivity (Wildman–Crippen MR) is 59.5 cm³/mol. The van der Waals surface area contributed by atoms with Crippen molar-refractivity contribution in [1.29, 1.82) is 0 Å². The highest BCUT2D eigenvalue weighted by Gasteiger charge is 2.62. The highest BCUT2D eigenvalue weighted by molar-refractivity contribution is 5.70. The van der Waals surface area contributed by atoms with Gasteiger partial charge < -0.3 is 5.11 Å². The molecule has 4 unspecified atom stereocenters. The van der Waals surface area contributed by atoms with Crippen molar-refractivity contribution in [3.8, 4) is 0 Å². The van der Waals surface area contributed by atoms with Crippen molar-refractivity contribution in [2.24, 2.45) is 28.6 Å². The largest absolute Gasteiger partial charge is 0.481 e. The van der Waals surface area contributed by atoms with Crippen LogP contribution in [0.5, 0.6) is 0 Å². The SMILES string of the molecule is CC(C(=O)O)C1CC2CCC1(C)C2(C)C. The normalized spacial score (nSPS) is 44.3. The molecule has 2 heteroatoms. The summed E-state index contributed by atoms with van der Waals surface area (Å²) in [6, 6.07) is 0. The zero-order valence-electron chi connectivity index (χ0n) is 10.2. The molecule has 0 aliphatic heterocycles. The Balaban J connectivity index is 2.30. The topological polar surface area (TPSA) is 37.3 Å². The zero-order valence-corrected chi connectivity index (χ0v) is 10.2. The van der Waals surface area contributed by atoms with Gasteiger partial charge in [-0.1, -0.05) is 27.7 Å². The van der Waals surface area contributed by atoms with Gasteiger partial charge in [0.25, 0.3) is 0 Å². The molecule has 2 bridgehead atoms. The number of aliphatic carboxylic acids is 1. The molecule has 2 rings (SSSR count). The van der Waals surface area contributed by atoms with Crippen LogP contribution in [0.3, 0.4) is 0 Å². The van der Waals surface area contributed by atoms with Gasteiger partial charge in [-0.2, -0.15) is 0 Å². The molecule has 0 aromatic carbocycles. The Morgan fingerprint density at radius 2 is 2.00 bits per heavy atom. The maximum atomic E-state index is 11.1. The second-order valence-corrected chi connectivity index (χ2v) is 6.34. The molecular weight excluding hydrogens is 188 g/mol. The van der Waals surface area contributed by atoms with Gasteiger partial charge in [0.15, 0.2) is 0 Å². The van der Waals surface area contributed by atoms with Crippen molar-refractivity contribution >= 4 is 5.97 Å². The van der Waals surface area contributed by atoms with E-state index in [0.29, 0.717) is 11.3 Å². The van der Waals surface area contributed by atoms with Gasteiger partial charge in [0.2, 0.25) is 0 Å². The molecule has 0 heterocycles. The molecule has 2 fully saturated rings. The first-order valence-electron chi connectivity index (χ1n) is 6.03. The van der Waals surface area contributed by atoms with Crippen molar-refractivity contribution in [3.63, 3.8) is 0 Å². The summed E-state index contributed by atoms with van der Waals surface area (Å²) in [6.45, 7) is 8.86. The van der Waals surface area contributed by atoms with Crippen LogP contribution in [0.15, 0.2) is 0 Å². The van der Waals surface area contributed by atoms with Crippen LogP contribution >= 0.6 is 0 Å². The molecule has 4 atom stereocenters. The summed E-state index contributed by atoms with van der Waals surface area (Å²) in [6.07, 6.45) is 3.64. The van der Waals surface area contributed by atoms with Crippen LogP contribution < -0.4 is 0 Å². The molecule has 86 valence electrons. The van der Waals surface area contributed by atoms with Crippen LogP contribution in [-0.4, -0.2) is 11.1 Å². The van der Waals surface area contributed by atoms with Gasteiger partial charge in [-0.05, 0) is 41.9 Å². The van der Waals surface area contributed by atoms with Crippen LogP contribution in [0, 0.1) is 28.6 Å². The third-order valence-electron chi connectivity index (χ3n) is 5.85. The van der Waals surface area contributed by atoms with E-state index in [9.17, 15) is 4.79 Å². The standard InChI is InChI=1S/C13H22O2/c1-8(11(14)15)10-7-9-5-6-13(10,4)12(9,2)3/h8-10H,5-7H2,1-4H3,(H,14,15). The van der Waals surface area contributed by atoms with Crippen LogP contribution in [0.25, 0.3) is 0 Å². The van der Waals surface area contributed by atoms with Crippen molar-refractivity contribution in [2.45, 2.75) is 47.0 Å². The minimum absolute atomic E-state index is 0.181. The minimum atomic E-state index is -0.621. The fourth-order valence-electron chi connectivity index (χ4n) is 4.19. The lowest BCUT2D eigenvalue weighted by Gasteiger charge is -2.40. The average molecular weight is 210 g/mol. The van der Waals surface area contributed by atoms with E-state index in [2.05, 4.69) is 20.8 Å². The Bertz CT molecular complexity index is 295. The molecule has 0 radical (unpaired) electrons. The molecule has 2 saturated carbocycles. The second kappa shape index (κ2) is 2.99. The van der Waals surface area contributed by atoms with Gasteiger partial charge in [-0.15, -0.1) is 0 Å². The van der Waals surface area contributed by atoms with Gasteiger partial charge in [-0.3, -0.25) is 4.79 Å². The molecular formula is C13H22O2. The molecule has 2 aliphatic carbocycles. The van der Waals surface area contributed by atoms with Crippen LogP contribution in [0.4, 0.5) is 0 Å². The summed E-state index contributed by atoms with van der Waals surface area (Å²) >= 11 is 0. The fourth-order valence-corrected chi connectivity index (χ4v) is 4.19.